The number of ketones is 2. The van der Waals surface area contributed by atoms with E-state index in [-0.39, 0.29) is 34.0 Å². The molecular formula is C17H12O4. The van der Waals surface area contributed by atoms with Crippen molar-refractivity contribution in [2.24, 2.45) is 0 Å². The molecule has 104 valence electrons. The summed E-state index contributed by atoms with van der Waals surface area (Å²) >= 11 is 0. The van der Waals surface area contributed by atoms with E-state index in [0.717, 1.165) is 0 Å². The van der Waals surface area contributed by atoms with Gasteiger partial charge in [-0.1, -0.05) is 36.9 Å². The van der Waals surface area contributed by atoms with Crippen LogP contribution in [0.25, 0.3) is 10.8 Å². The molecular weight excluding hydrogens is 268 g/mol. The number of benzene rings is 2. The largest absolute Gasteiger partial charge is 0.506 e. The Morgan fingerprint density at radius 3 is 2.57 bits per heavy atom. The maximum atomic E-state index is 12.5. The maximum absolute atomic E-state index is 12.5. The van der Waals surface area contributed by atoms with Crippen LogP contribution in [0.5, 0.6) is 5.75 Å². The summed E-state index contributed by atoms with van der Waals surface area (Å²) in [4.78, 5) is 25.0. The zero-order valence-electron chi connectivity index (χ0n) is 11.3. The van der Waals surface area contributed by atoms with E-state index in [1.807, 2.05) is 0 Å². The molecule has 0 amide bonds. The molecule has 2 aromatic carbocycles. The summed E-state index contributed by atoms with van der Waals surface area (Å²) in [5.41, 5.74) is 0.276. The fourth-order valence-corrected chi connectivity index (χ4v) is 2.61. The molecule has 21 heavy (non-hydrogen) atoms. The smallest absolute Gasteiger partial charge is 0.232 e. The number of methoxy groups -OCH3 is 1. The van der Waals surface area contributed by atoms with Crippen LogP contribution in [0.3, 0.4) is 0 Å². The Morgan fingerprint density at radius 2 is 1.90 bits per heavy atom. The van der Waals surface area contributed by atoms with Crippen molar-refractivity contribution in [3.8, 4) is 5.75 Å². The van der Waals surface area contributed by atoms with E-state index in [1.165, 1.54) is 13.2 Å². The minimum Gasteiger partial charge on any atom is -0.506 e. The van der Waals surface area contributed by atoms with Crippen LogP contribution in [-0.2, 0) is 4.74 Å². The Balaban J connectivity index is 2.42. The lowest BCUT2D eigenvalue weighted by Gasteiger charge is -2.20. The molecule has 0 spiro atoms. The van der Waals surface area contributed by atoms with Crippen LogP contribution in [0, 0.1) is 0 Å². The summed E-state index contributed by atoms with van der Waals surface area (Å²) < 4.78 is 5.03. The second-order valence-electron chi connectivity index (χ2n) is 4.68. The molecule has 4 nitrogen and oxygen atoms in total. The van der Waals surface area contributed by atoms with E-state index in [9.17, 15) is 14.7 Å². The Kier molecular flexibility index (Phi) is 2.87. The predicted octanol–water partition coefficient (Wildman–Crippen LogP) is 3.01. The summed E-state index contributed by atoms with van der Waals surface area (Å²) in [6.07, 6.45) is 1.30. The zero-order valence-corrected chi connectivity index (χ0v) is 11.3. The average Bonchev–Trinajstić information content (AvgIpc) is 2.50. The first-order valence-corrected chi connectivity index (χ1v) is 6.35. The van der Waals surface area contributed by atoms with Crippen molar-refractivity contribution in [2.45, 2.75) is 0 Å². The first kappa shape index (κ1) is 13.1. The van der Waals surface area contributed by atoms with Crippen LogP contribution in [0.4, 0.5) is 0 Å². The monoisotopic (exact) mass is 280 g/mol. The van der Waals surface area contributed by atoms with Gasteiger partial charge in [-0.3, -0.25) is 9.59 Å². The number of phenolic OH excluding ortho intramolecular Hbond substituents is 1. The fraction of sp³-hybridized carbons (Fsp3) is 0.0588. The number of phenols is 1. The Labute approximate surface area is 121 Å². The highest BCUT2D eigenvalue weighted by molar-refractivity contribution is 6.29. The number of carbonyl (C=O) groups is 2. The molecule has 1 aliphatic rings. The van der Waals surface area contributed by atoms with Crippen LogP contribution in [0.2, 0.25) is 0 Å². The fourth-order valence-electron chi connectivity index (χ4n) is 2.61. The molecule has 1 N–H and O–H groups in total. The average molecular weight is 280 g/mol. The lowest BCUT2D eigenvalue weighted by Crippen LogP contribution is -2.22. The molecule has 0 aromatic heterocycles. The number of allylic oxidation sites excluding steroid dienone is 3. The highest BCUT2D eigenvalue weighted by Crippen LogP contribution is 2.38. The molecule has 0 atom stereocenters. The van der Waals surface area contributed by atoms with Gasteiger partial charge in [-0.15, -0.1) is 0 Å². The molecule has 0 heterocycles. The van der Waals surface area contributed by atoms with E-state index in [4.69, 9.17) is 4.74 Å². The van der Waals surface area contributed by atoms with E-state index in [0.29, 0.717) is 10.8 Å². The molecule has 0 radical (unpaired) electrons. The van der Waals surface area contributed by atoms with Crippen LogP contribution in [0.1, 0.15) is 20.7 Å². The van der Waals surface area contributed by atoms with E-state index in [2.05, 4.69) is 6.58 Å². The second-order valence-corrected chi connectivity index (χ2v) is 4.68. The normalized spacial score (nSPS) is 14.3. The first-order valence-electron chi connectivity index (χ1n) is 6.35. The van der Waals surface area contributed by atoms with E-state index < -0.39 is 5.78 Å². The lowest BCUT2D eigenvalue weighted by atomic mass is 9.85. The number of hydrogen-bond acceptors (Lipinski definition) is 4. The van der Waals surface area contributed by atoms with Crippen molar-refractivity contribution in [1.82, 2.24) is 0 Å². The number of fused-ring (bicyclic) bond motifs is 2. The van der Waals surface area contributed by atoms with Crippen LogP contribution in [0.15, 0.2) is 54.3 Å². The van der Waals surface area contributed by atoms with Crippen LogP contribution >= 0.6 is 0 Å². The van der Waals surface area contributed by atoms with Crippen molar-refractivity contribution < 1.29 is 19.4 Å². The minimum absolute atomic E-state index is 0.0128. The minimum atomic E-state index is -0.509. The standard InChI is InChI=1S/C17H12O4/c1-3-10-14(18)12-8-9-6-4-5-7-11(9)15(19)13(12)16(20)17(10)21-2/h3-8,19H,1H2,2H3. The molecule has 4 heteroatoms. The molecule has 0 saturated carbocycles. The van der Waals surface area contributed by atoms with E-state index in [1.54, 1.807) is 30.3 Å². The van der Waals surface area contributed by atoms with Crippen molar-refractivity contribution in [1.29, 1.82) is 0 Å². The second kappa shape index (κ2) is 4.59. The van der Waals surface area contributed by atoms with Gasteiger partial charge in [0.1, 0.15) is 5.75 Å². The summed E-state index contributed by atoms with van der Waals surface area (Å²) in [5.74, 6) is -1.17. The third kappa shape index (κ3) is 1.69. The number of hydrogen-bond donors (Lipinski definition) is 1. The number of aromatic hydroxyl groups is 1. The lowest BCUT2D eigenvalue weighted by molar-refractivity contribution is 0.0907. The summed E-state index contributed by atoms with van der Waals surface area (Å²) in [6, 6.07) is 8.64. The van der Waals surface area contributed by atoms with Gasteiger partial charge in [0.15, 0.2) is 11.5 Å². The molecule has 0 bridgehead atoms. The first-order chi connectivity index (χ1) is 10.1. The van der Waals surface area contributed by atoms with Crippen molar-refractivity contribution in [2.75, 3.05) is 7.11 Å². The van der Waals surface area contributed by atoms with Gasteiger partial charge in [0.2, 0.25) is 5.78 Å². The molecule has 0 saturated heterocycles. The highest BCUT2D eigenvalue weighted by Gasteiger charge is 2.34. The highest BCUT2D eigenvalue weighted by atomic mass is 16.5. The van der Waals surface area contributed by atoms with Gasteiger partial charge in [0.05, 0.1) is 18.2 Å². The Hall–Kier alpha value is -2.88. The maximum Gasteiger partial charge on any atom is 0.232 e. The predicted molar refractivity (Wildman–Crippen MR) is 78.5 cm³/mol. The number of rotatable bonds is 2. The molecule has 0 fully saturated rings. The molecule has 1 aliphatic carbocycles. The zero-order chi connectivity index (χ0) is 15.1. The van der Waals surface area contributed by atoms with Gasteiger partial charge in [-0.2, -0.15) is 0 Å². The van der Waals surface area contributed by atoms with Gasteiger partial charge in [0.25, 0.3) is 0 Å². The number of carbonyl (C=O) groups excluding carboxylic acids is 2. The number of Topliss-reactive ketones (excluding diaryl/α,β-unsaturated/α-hetero) is 2. The van der Waals surface area contributed by atoms with Crippen LogP contribution < -0.4 is 0 Å². The van der Waals surface area contributed by atoms with Gasteiger partial charge >= 0.3 is 0 Å². The van der Waals surface area contributed by atoms with Gasteiger partial charge < -0.3 is 9.84 Å². The van der Waals surface area contributed by atoms with Gasteiger partial charge in [-0.05, 0) is 11.5 Å². The summed E-state index contributed by atoms with van der Waals surface area (Å²) in [5, 5.41) is 11.6. The van der Waals surface area contributed by atoms with Crippen molar-refractivity contribution in [3.05, 3.63) is 65.4 Å². The molecule has 0 aliphatic heterocycles. The Bertz CT molecular complexity index is 843. The molecule has 2 aromatic rings. The molecule has 3 rings (SSSR count). The van der Waals surface area contributed by atoms with Gasteiger partial charge in [0, 0.05) is 10.9 Å². The molecule has 0 unspecified atom stereocenters. The third-order valence-corrected chi connectivity index (χ3v) is 3.60. The third-order valence-electron chi connectivity index (χ3n) is 3.60. The Morgan fingerprint density at radius 1 is 1.19 bits per heavy atom. The van der Waals surface area contributed by atoms with E-state index >= 15 is 0 Å². The summed E-state index contributed by atoms with van der Waals surface area (Å²) in [6.45, 7) is 3.55. The number of ether oxygens (including phenoxy) is 1. The van der Waals surface area contributed by atoms with Crippen molar-refractivity contribution in [3.63, 3.8) is 0 Å². The topological polar surface area (TPSA) is 63.6 Å². The quantitative estimate of drug-likeness (QED) is 0.918. The summed E-state index contributed by atoms with van der Waals surface area (Å²) in [7, 11) is 1.31. The van der Waals surface area contributed by atoms with Crippen LogP contribution in [-0.4, -0.2) is 23.8 Å². The van der Waals surface area contributed by atoms with Crippen molar-refractivity contribution >= 4 is 22.3 Å². The van der Waals surface area contributed by atoms with Gasteiger partial charge in [-0.25, -0.2) is 0 Å². The SMILES string of the molecule is C=CC1=C(OC)C(=O)c2c(cc3ccccc3c2O)C1=O.